The summed E-state index contributed by atoms with van der Waals surface area (Å²) in [5.41, 5.74) is 2.02. The van der Waals surface area contributed by atoms with Gasteiger partial charge in [0.2, 0.25) is 0 Å². The molecule has 0 aliphatic rings. The zero-order chi connectivity index (χ0) is 13.4. The van der Waals surface area contributed by atoms with Crippen molar-refractivity contribution in [2.24, 2.45) is 0 Å². The van der Waals surface area contributed by atoms with Crippen molar-refractivity contribution in [3.05, 3.63) is 23.5 Å². The zero-order valence-electron chi connectivity index (χ0n) is 11.4. The number of aryl methyl sites for hydroxylation is 1. The van der Waals surface area contributed by atoms with Gasteiger partial charge >= 0.3 is 0 Å². The molecule has 1 atom stereocenters. The number of hydrogen-bond donors (Lipinski definition) is 2. The van der Waals surface area contributed by atoms with Crippen LogP contribution in [-0.4, -0.2) is 35.2 Å². The van der Waals surface area contributed by atoms with Crippen LogP contribution >= 0.6 is 0 Å². The van der Waals surface area contributed by atoms with Crippen LogP contribution in [0.5, 0.6) is 0 Å². The van der Waals surface area contributed by atoms with Crippen molar-refractivity contribution in [1.82, 2.24) is 4.57 Å². The van der Waals surface area contributed by atoms with Crippen LogP contribution in [-0.2, 0) is 17.7 Å². The molecule has 0 bridgehead atoms. The smallest absolute Gasteiger partial charge is 0.0951 e. The van der Waals surface area contributed by atoms with Gasteiger partial charge in [-0.15, -0.1) is 0 Å². The minimum atomic E-state index is -0.488. The minimum absolute atomic E-state index is 0.376. The number of aromatic nitrogens is 1. The summed E-state index contributed by atoms with van der Waals surface area (Å²) in [6.45, 7) is 5.81. The van der Waals surface area contributed by atoms with Gasteiger partial charge in [-0.25, -0.2) is 0 Å². The first-order valence-electron chi connectivity index (χ1n) is 6.66. The van der Waals surface area contributed by atoms with E-state index in [1.165, 1.54) is 6.21 Å². The highest BCUT2D eigenvalue weighted by Gasteiger charge is 2.09. The molecule has 102 valence electrons. The zero-order valence-corrected chi connectivity index (χ0v) is 11.4. The number of nitrogens with zero attached hydrogens (tertiary/aromatic N) is 1. The summed E-state index contributed by atoms with van der Waals surface area (Å²) in [6.07, 6.45) is 5.79. The maximum Gasteiger partial charge on any atom is 0.0951 e. The largest absolute Gasteiger partial charge is 0.389 e. The molecule has 1 aromatic heterocycles. The minimum Gasteiger partial charge on any atom is -0.389 e. The van der Waals surface area contributed by atoms with E-state index in [9.17, 15) is 5.11 Å². The Labute approximate surface area is 109 Å². The number of unbranched alkanes of at least 4 members (excludes halogenated alkanes) is 1. The summed E-state index contributed by atoms with van der Waals surface area (Å²) in [4.78, 5) is 0. The molecule has 18 heavy (non-hydrogen) atoms. The number of ether oxygens (including phenoxy) is 1. The lowest BCUT2D eigenvalue weighted by Crippen LogP contribution is -2.22. The molecule has 0 fully saturated rings. The van der Waals surface area contributed by atoms with Crippen LogP contribution in [0.4, 0.5) is 0 Å². The van der Waals surface area contributed by atoms with Gasteiger partial charge in [-0.2, -0.15) is 0 Å². The fourth-order valence-corrected chi connectivity index (χ4v) is 1.87. The Bertz CT molecular complexity index is 361. The molecule has 0 amide bonds. The molecule has 0 aromatic carbocycles. The van der Waals surface area contributed by atoms with Crippen molar-refractivity contribution in [3.8, 4) is 0 Å². The van der Waals surface area contributed by atoms with Crippen LogP contribution in [0, 0.1) is 5.41 Å². The molecule has 0 saturated carbocycles. The topological polar surface area (TPSA) is 58.2 Å². The lowest BCUT2D eigenvalue weighted by Gasteiger charge is -2.14. The van der Waals surface area contributed by atoms with Crippen molar-refractivity contribution in [2.45, 2.75) is 45.8 Å². The summed E-state index contributed by atoms with van der Waals surface area (Å²) >= 11 is 0. The number of aliphatic hydroxyl groups is 1. The fraction of sp³-hybridized carbons (Fsp3) is 0.643. The maximum atomic E-state index is 9.90. The van der Waals surface area contributed by atoms with E-state index < -0.39 is 6.10 Å². The second-order valence-electron chi connectivity index (χ2n) is 4.50. The van der Waals surface area contributed by atoms with Gasteiger partial charge in [-0.05, 0) is 18.9 Å². The molecule has 4 heteroatoms. The first kappa shape index (κ1) is 14.9. The van der Waals surface area contributed by atoms with E-state index in [1.54, 1.807) is 0 Å². The monoisotopic (exact) mass is 252 g/mol. The van der Waals surface area contributed by atoms with Crippen molar-refractivity contribution in [1.29, 1.82) is 5.41 Å². The highest BCUT2D eigenvalue weighted by atomic mass is 16.5. The summed E-state index contributed by atoms with van der Waals surface area (Å²) < 4.78 is 7.41. The van der Waals surface area contributed by atoms with E-state index in [4.69, 9.17) is 10.1 Å². The Morgan fingerprint density at radius 2 is 2.28 bits per heavy atom. The van der Waals surface area contributed by atoms with E-state index in [1.807, 2.05) is 16.8 Å². The molecule has 0 aliphatic carbocycles. The van der Waals surface area contributed by atoms with Gasteiger partial charge in [-0.3, -0.25) is 0 Å². The van der Waals surface area contributed by atoms with Crippen LogP contribution in [0.3, 0.4) is 0 Å². The van der Waals surface area contributed by atoms with Crippen LogP contribution < -0.4 is 0 Å². The predicted molar refractivity (Wildman–Crippen MR) is 73.4 cm³/mol. The van der Waals surface area contributed by atoms with E-state index in [2.05, 4.69) is 13.8 Å². The van der Waals surface area contributed by atoms with E-state index in [-0.39, 0.29) is 0 Å². The molecule has 1 unspecified atom stereocenters. The van der Waals surface area contributed by atoms with Crippen LogP contribution in [0.15, 0.2) is 12.3 Å². The molecule has 1 aromatic rings. The van der Waals surface area contributed by atoms with Gasteiger partial charge in [0.25, 0.3) is 0 Å². The van der Waals surface area contributed by atoms with Crippen molar-refractivity contribution >= 4 is 6.21 Å². The lowest BCUT2D eigenvalue weighted by molar-refractivity contribution is 0.0268. The van der Waals surface area contributed by atoms with E-state index in [0.29, 0.717) is 19.8 Å². The van der Waals surface area contributed by atoms with Gasteiger partial charge in [0.1, 0.15) is 0 Å². The van der Waals surface area contributed by atoms with Crippen LogP contribution in [0.1, 0.15) is 37.9 Å². The maximum absolute atomic E-state index is 9.90. The number of aliphatic hydroxyl groups excluding tert-OH is 1. The molecule has 0 spiro atoms. The third-order valence-electron chi connectivity index (χ3n) is 2.90. The summed E-state index contributed by atoms with van der Waals surface area (Å²) in [5.74, 6) is 0. The van der Waals surface area contributed by atoms with Gasteiger partial charge in [-0.1, -0.05) is 20.3 Å². The summed E-state index contributed by atoms with van der Waals surface area (Å²) in [7, 11) is 0. The summed E-state index contributed by atoms with van der Waals surface area (Å²) in [6, 6.07) is 1.98. The molecule has 0 saturated heterocycles. The van der Waals surface area contributed by atoms with Crippen molar-refractivity contribution in [3.63, 3.8) is 0 Å². The molecular formula is C14H24N2O2. The molecule has 2 N–H and O–H groups in total. The Morgan fingerprint density at radius 3 is 2.89 bits per heavy atom. The van der Waals surface area contributed by atoms with Gasteiger partial charge in [0.15, 0.2) is 0 Å². The van der Waals surface area contributed by atoms with Gasteiger partial charge in [0.05, 0.1) is 19.3 Å². The third kappa shape index (κ3) is 4.63. The first-order chi connectivity index (χ1) is 8.71. The van der Waals surface area contributed by atoms with E-state index in [0.717, 1.165) is 30.5 Å². The average molecular weight is 252 g/mol. The Hall–Kier alpha value is -1.13. The fourth-order valence-electron chi connectivity index (χ4n) is 1.87. The highest BCUT2D eigenvalue weighted by molar-refractivity contribution is 5.76. The molecular weight excluding hydrogens is 228 g/mol. The SMILES string of the molecule is CCCCOCC(O)Cn1cc(C=N)cc1CC. The van der Waals surface area contributed by atoms with Crippen molar-refractivity contribution in [2.75, 3.05) is 13.2 Å². The van der Waals surface area contributed by atoms with Crippen molar-refractivity contribution < 1.29 is 9.84 Å². The summed E-state index contributed by atoms with van der Waals surface area (Å²) in [5, 5.41) is 17.1. The first-order valence-corrected chi connectivity index (χ1v) is 6.66. The molecule has 0 aliphatic heterocycles. The average Bonchev–Trinajstić information content (AvgIpc) is 2.77. The van der Waals surface area contributed by atoms with Gasteiger partial charge < -0.3 is 19.8 Å². The normalized spacial score (nSPS) is 12.6. The molecule has 0 radical (unpaired) electrons. The lowest BCUT2D eigenvalue weighted by atomic mass is 10.3. The Kier molecular flexibility index (Phi) is 6.68. The molecule has 4 nitrogen and oxygen atoms in total. The predicted octanol–water partition coefficient (Wildman–Crippen LogP) is 2.23. The third-order valence-corrected chi connectivity index (χ3v) is 2.90. The van der Waals surface area contributed by atoms with Gasteiger partial charge in [0, 0.05) is 30.3 Å². The quantitative estimate of drug-likeness (QED) is 0.523. The highest BCUT2D eigenvalue weighted by Crippen LogP contribution is 2.09. The van der Waals surface area contributed by atoms with Crippen LogP contribution in [0.2, 0.25) is 0 Å². The van der Waals surface area contributed by atoms with Crippen LogP contribution in [0.25, 0.3) is 0 Å². The number of nitrogens with one attached hydrogen (secondary N) is 1. The molecule has 1 heterocycles. The molecule has 1 rings (SSSR count). The van der Waals surface area contributed by atoms with E-state index >= 15 is 0 Å². The second-order valence-corrected chi connectivity index (χ2v) is 4.50. The Morgan fingerprint density at radius 1 is 1.50 bits per heavy atom. The number of hydrogen-bond acceptors (Lipinski definition) is 3. The Balaban J connectivity index is 2.45. The standard InChI is InChI=1S/C14H24N2O2/c1-3-5-6-18-11-14(17)10-16-9-12(8-15)7-13(16)4-2/h7-9,14-15,17H,3-6,10-11H2,1-2H3. The second kappa shape index (κ2) is 8.06. The number of rotatable bonds is 9.